The van der Waals surface area contributed by atoms with Crippen molar-refractivity contribution in [1.29, 1.82) is 0 Å². The van der Waals surface area contributed by atoms with Crippen molar-refractivity contribution in [2.24, 2.45) is 0 Å². The van der Waals surface area contributed by atoms with Crippen LogP contribution in [0.5, 0.6) is 0 Å². The number of rotatable bonds is 10. The van der Waals surface area contributed by atoms with Crippen LogP contribution in [0.25, 0.3) is 0 Å². The third-order valence-corrected chi connectivity index (χ3v) is 6.21. The molecule has 280 valence electrons. The normalized spacial score (nSPS) is 16.3. The van der Waals surface area contributed by atoms with E-state index in [1.807, 2.05) is 0 Å². The standard InChI is InChI=1S/2C6HF13O3S.Cd/c2*7-1(8,3(11,12)5(15,16)17)2(9,10)4(13,14)6(18,19)23(20,21)22;/h2*(H,20,21,22);/q;;+2/p-2. The van der Waals surface area contributed by atoms with Crippen LogP contribution in [-0.2, 0) is 47.5 Å². The van der Waals surface area contributed by atoms with Crippen molar-refractivity contribution in [3.8, 4) is 0 Å². The molecule has 0 N–H and O–H groups in total. The Morgan fingerprint density at radius 2 is 0.404 bits per heavy atom. The van der Waals surface area contributed by atoms with Gasteiger partial charge in [0, 0.05) is 0 Å². The van der Waals surface area contributed by atoms with Gasteiger partial charge in [-0.3, -0.25) is 0 Å². The smallest absolute Gasteiger partial charge is 0.743 e. The first-order chi connectivity index (χ1) is 19.0. The van der Waals surface area contributed by atoms with Crippen LogP contribution in [0, 0.1) is 0 Å². The van der Waals surface area contributed by atoms with Crippen molar-refractivity contribution in [2.75, 3.05) is 0 Å². The second-order valence-electron chi connectivity index (χ2n) is 7.53. The first kappa shape index (κ1) is 50.3. The van der Waals surface area contributed by atoms with E-state index in [9.17, 15) is 140 Å². The summed E-state index contributed by atoms with van der Waals surface area (Å²) in [4.78, 5) is 0. The molecule has 0 aromatic rings. The van der Waals surface area contributed by atoms with Gasteiger partial charge < -0.3 is 9.11 Å². The molecule has 0 aromatic carbocycles. The monoisotopic (exact) mass is 912 g/mol. The third kappa shape index (κ3) is 7.24. The minimum atomic E-state index is -8.29. The van der Waals surface area contributed by atoms with Gasteiger partial charge >= 0.3 is 97.5 Å². The zero-order chi connectivity index (χ0) is 39.0. The minimum Gasteiger partial charge on any atom is -0.743 e. The first-order valence-corrected chi connectivity index (χ1v) is 11.6. The summed E-state index contributed by atoms with van der Waals surface area (Å²) in [6, 6.07) is 0. The molecule has 0 saturated carbocycles. The van der Waals surface area contributed by atoms with Gasteiger partial charge in [0.05, 0.1) is 0 Å². The summed E-state index contributed by atoms with van der Waals surface area (Å²) < 4.78 is 378. The van der Waals surface area contributed by atoms with Gasteiger partial charge in [0.1, 0.15) is 0 Å². The number of alkyl halides is 26. The summed E-state index contributed by atoms with van der Waals surface area (Å²) in [5.74, 6) is -65.2. The van der Waals surface area contributed by atoms with Crippen LogP contribution in [0.3, 0.4) is 0 Å². The van der Waals surface area contributed by atoms with Crippen molar-refractivity contribution in [3.63, 3.8) is 0 Å². The van der Waals surface area contributed by atoms with Crippen LogP contribution >= 0.6 is 0 Å². The van der Waals surface area contributed by atoms with E-state index < -0.39 is 90.5 Å². The third-order valence-electron chi connectivity index (χ3n) is 4.44. The molecule has 0 aromatic heterocycles. The molecule has 0 atom stereocenters. The summed E-state index contributed by atoms with van der Waals surface area (Å²) in [5, 5.41) is -15.3. The van der Waals surface area contributed by atoms with Gasteiger partial charge in [-0.25, -0.2) is 16.8 Å². The minimum absolute atomic E-state index is 0. The summed E-state index contributed by atoms with van der Waals surface area (Å²) in [6.07, 6.45) is -15.2. The van der Waals surface area contributed by atoms with Crippen molar-refractivity contribution in [3.05, 3.63) is 0 Å². The molecular formula is C12CdF26O6S2. The Morgan fingerprint density at radius 3 is 0.511 bits per heavy atom. The van der Waals surface area contributed by atoms with E-state index in [-0.39, 0.29) is 27.3 Å². The van der Waals surface area contributed by atoms with Crippen LogP contribution in [0.4, 0.5) is 114 Å². The Bertz CT molecular complexity index is 1230. The molecule has 35 heteroatoms. The molecule has 0 amide bonds. The Balaban J connectivity index is -0.000000807. The van der Waals surface area contributed by atoms with E-state index in [4.69, 9.17) is 0 Å². The molecule has 0 aliphatic rings. The van der Waals surface area contributed by atoms with Gasteiger partial charge in [-0.05, 0) is 0 Å². The van der Waals surface area contributed by atoms with Gasteiger partial charge in [0.2, 0.25) is 0 Å². The molecule has 6 nitrogen and oxygen atoms in total. The SMILES string of the molecule is O=S(=O)([O-])C(F)(F)C(F)(F)C(F)(F)C(F)(F)C(F)(F)C(F)(F)F.O=S(=O)([O-])C(F)(F)C(F)(F)C(F)(F)C(F)(F)C(F)(F)C(F)(F)F.[Cd+2]. The van der Waals surface area contributed by atoms with Crippen LogP contribution in [0.2, 0.25) is 0 Å². The van der Waals surface area contributed by atoms with E-state index in [1.54, 1.807) is 0 Å². The molecule has 0 fully saturated rings. The van der Waals surface area contributed by atoms with E-state index in [0.29, 0.717) is 0 Å². The number of halogens is 26. The Labute approximate surface area is 258 Å². The second kappa shape index (κ2) is 12.6. The fourth-order valence-electron chi connectivity index (χ4n) is 1.82. The van der Waals surface area contributed by atoms with Crippen LogP contribution in [0.1, 0.15) is 0 Å². The van der Waals surface area contributed by atoms with Crippen molar-refractivity contribution >= 4 is 20.2 Å². The van der Waals surface area contributed by atoms with Crippen LogP contribution < -0.4 is 0 Å². The molecule has 47 heavy (non-hydrogen) atoms. The van der Waals surface area contributed by atoms with Gasteiger partial charge in [-0.15, -0.1) is 0 Å². The largest absolute Gasteiger partial charge is 2.00 e. The van der Waals surface area contributed by atoms with Gasteiger partial charge in [-0.1, -0.05) is 0 Å². The molecule has 0 rings (SSSR count). The maximum absolute atomic E-state index is 12.7. The molecule has 0 unspecified atom stereocenters. The number of hydrogen-bond acceptors (Lipinski definition) is 6. The molecule has 0 saturated heterocycles. The molecule has 0 aliphatic heterocycles. The van der Waals surface area contributed by atoms with Crippen LogP contribution in [-0.4, -0.2) is 96.2 Å². The molecule has 0 spiro atoms. The Hall–Kier alpha value is -1.08. The first-order valence-electron chi connectivity index (χ1n) is 8.82. The van der Waals surface area contributed by atoms with E-state index in [1.165, 1.54) is 0 Å². The maximum atomic E-state index is 12.7. The van der Waals surface area contributed by atoms with Crippen LogP contribution in [0.15, 0.2) is 0 Å². The summed E-state index contributed by atoms with van der Waals surface area (Å²) in [5.41, 5.74) is 0. The van der Waals surface area contributed by atoms with Gasteiger partial charge in [-0.2, -0.15) is 114 Å². The second-order valence-corrected chi connectivity index (χ2v) is 10.4. The summed E-state index contributed by atoms with van der Waals surface area (Å²) >= 11 is 0. The molecule has 0 aliphatic carbocycles. The van der Waals surface area contributed by atoms with Gasteiger partial charge in [0.25, 0.3) is 0 Å². The predicted octanol–water partition coefficient (Wildman–Crippen LogP) is 6.45. The van der Waals surface area contributed by atoms with Crippen molar-refractivity contribution in [1.82, 2.24) is 0 Å². The Kier molecular flexibility index (Phi) is 13.5. The molecule has 0 heterocycles. The average molecular weight is 911 g/mol. The zero-order valence-corrected chi connectivity index (χ0v) is 25.5. The average Bonchev–Trinajstić information content (AvgIpc) is 2.75. The number of hydrogen-bond donors (Lipinski definition) is 0. The summed E-state index contributed by atoms with van der Waals surface area (Å²) in [6.45, 7) is 0. The van der Waals surface area contributed by atoms with E-state index >= 15 is 0 Å². The van der Waals surface area contributed by atoms with Gasteiger partial charge in [0.15, 0.2) is 20.2 Å². The predicted molar refractivity (Wildman–Crippen MR) is 81.0 cm³/mol. The molecular weight excluding hydrogens is 911 g/mol. The molecule has 0 bridgehead atoms. The van der Waals surface area contributed by atoms with Crippen molar-refractivity contribution < 1.29 is 167 Å². The van der Waals surface area contributed by atoms with Crippen molar-refractivity contribution in [2.45, 2.75) is 70.2 Å². The molecule has 0 radical (unpaired) electrons. The van der Waals surface area contributed by atoms with E-state index in [0.717, 1.165) is 0 Å². The zero-order valence-electron chi connectivity index (χ0n) is 19.8. The quantitative estimate of drug-likeness (QED) is 0.142. The summed E-state index contributed by atoms with van der Waals surface area (Å²) in [7, 11) is -15.7. The Morgan fingerprint density at radius 1 is 0.277 bits per heavy atom. The fraction of sp³-hybridized carbons (Fsp3) is 1.00. The van der Waals surface area contributed by atoms with E-state index in [2.05, 4.69) is 0 Å². The fourth-order valence-corrected chi connectivity index (χ4v) is 2.71. The topological polar surface area (TPSA) is 114 Å². The maximum Gasteiger partial charge on any atom is 2.00 e.